The Balaban J connectivity index is 2.30. The van der Waals surface area contributed by atoms with Gasteiger partial charge in [-0.25, -0.2) is 8.78 Å². The smallest absolute Gasteiger partial charge is 0.165 e. The van der Waals surface area contributed by atoms with Crippen molar-refractivity contribution in [3.05, 3.63) is 59.2 Å². The fourth-order valence-electron chi connectivity index (χ4n) is 2.35. The van der Waals surface area contributed by atoms with E-state index in [9.17, 15) is 13.6 Å². The Bertz CT molecular complexity index is 701. The molecule has 0 atom stereocenters. The number of halogens is 2. The number of benzene rings is 2. The van der Waals surface area contributed by atoms with Gasteiger partial charge in [0.15, 0.2) is 17.3 Å². The van der Waals surface area contributed by atoms with E-state index < -0.39 is 11.6 Å². The average molecular weight is 305 g/mol. The molecule has 0 heterocycles. The molecule has 116 valence electrons. The number of methoxy groups -OCH3 is 1. The summed E-state index contributed by atoms with van der Waals surface area (Å²) in [7, 11) is 3.12. The third-order valence-corrected chi connectivity index (χ3v) is 3.39. The van der Waals surface area contributed by atoms with E-state index >= 15 is 0 Å². The normalized spacial score (nSPS) is 10.4. The van der Waals surface area contributed by atoms with E-state index in [4.69, 9.17) is 4.74 Å². The highest BCUT2D eigenvalue weighted by molar-refractivity contribution is 6.00. The SMILES string of the molecule is COc1ccc(CN(C)c2cccc(F)c2C(C)=O)cc1F. The van der Waals surface area contributed by atoms with Gasteiger partial charge in [-0.2, -0.15) is 0 Å². The van der Waals surface area contributed by atoms with Crippen molar-refractivity contribution in [2.75, 3.05) is 19.1 Å². The third-order valence-electron chi connectivity index (χ3n) is 3.39. The quantitative estimate of drug-likeness (QED) is 0.787. The summed E-state index contributed by atoms with van der Waals surface area (Å²) in [5.41, 5.74) is 1.21. The summed E-state index contributed by atoms with van der Waals surface area (Å²) in [6.45, 7) is 1.66. The summed E-state index contributed by atoms with van der Waals surface area (Å²) < 4.78 is 32.4. The molecule has 0 N–H and O–H groups in total. The van der Waals surface area contributed by atoms with Gasteiger partial charge in [0.2, 0.25) is 0 Å². The molecular weight excluding hydrogens is 288 g/mol. The van der Waals surface area contributed by atoms with Crippen LogP contribution in [0.3, 0.4) is 0 Å². The molecule has 22 heavy (non-hydrogen) atoms. The molecule has 0 amide bonds. The first kappa shape index (κ1) is 15.9. The Labute approximate surface area is 128 Å². The second kappa shape index (κ2) is 6.56. The number of carbonyl (C=O) groups excluding carboxylic acids is 1. The Morgan fingerprint density at radius 2 is 1.91 bits per heavy atom. The molecule has 0 aromatic heterocycles. The van der Waals surface area contributed by atoms with Crippen molar-refractivity contribution in [1.82, 2.24) is 0 Å². The summed E-state index contributed by atoms with van der Waals surface area (Å²) in [5.74, 6) is -1.19. The Morgan fingerprint density at radius 3 is 2.50 bits per heavy atom. The topological polar surface area (TPSA) is 29.5 Å². The number of rotatable bonds is 5. The van der Waals surface area contributed by atoms with Crippen LogP contribution in [0.1, 0.15) is 22.8 Å². The van der Waals surface area contributed by atoms with Gasteiger partial charge in [0.25, 0.3) is 0 Å². The molecule has 0 saturated heterocycles. The van der Waals surface area contributed by atoms with Gasteiger partial charge >= 0.3 is 0 Å². The Kier molecular flexibility index (Phi) is 4.75. The number of hydrogen-bond acceptors (Lipinski definition) is 3. The zero-order valence-corrected chi connectivity index (χ0v) is 12.7. The monoisotopic (exact) mass is 305 g/mol. The summed E-state index contributed by atoms with van der Waals surface area (Å²) in [4.78, 5) is 13.3. The average Bonchev–Trinajstić information content (AvgIpc) is 2.46. The van der Waals surface area contributed by atoms with Gasteiger partial charge in [-0.3, -0.25) is 4.79 Å². The number of carbonyl (C=O) groups is 1. The van der Waals surface area contributed by atoms with Gasteiger partial charge in [0.1, 0.15) is 5.82 Å². The lowest BCUT2D eigenvalue weighted by molar-refractivity contribution is 0.101. The fourth-order valence-corrected chi connectivity index (χ4v) is 2.35. The van der Waals surface area contributed by atoms with Crippen LogP contribution in [-0.2, 0) is 6.54 Å². The van der Waals surface area contributed by atoms with Crippen LogP contribution in [0, 0.1) is 11.6 Å². The van der Waals surface area contributed by atoms with Gasteiger partial charge in [-0.1, -0.05) is 12.1 Å². The lowest BCUT2D eigenvalue weighted by atomic mass is 10.1. The maximum atomic E-state index is 13.8. The van der Waals surface area contributed by atoms with Crippen molar-refractivity contribution in [2.24, 2.45) is 0 Å². The fraction of sp³-hybridized carbons (Fsp3) is 0.235. The number of hydrogen-bond donors (Lipinski definition) is 0. The van der Waals surface area contributed by atoms with Gasteiger partial charge in [-0.15, -0.1) is 0 Å². The zero-order chi connectivity index (χ0) is 16.3. The van der Waals surface area contributed by atoms with Crippen molar-refractivity contribution in [3.63, 3.8) is 0 Å². The second-order valence-corrected chi connectivity index (χ2v) is 5.02. The van der Waals surface area contributed by atoms with Gasteiger partial charge in [0.05, 0.1) is 18.4 Å². The Hall–Kier alpha value is -2.43. The van der Waals surface area contributed by atoms with Gasteiger partial charge < -0.3 is 9.64 Å². The highest BCUT2D eigenvalue weighted by atomic mass is 19.1. The maximum Gasteiger partial charge on any atom is 0.165 e. The van der Waals surface area contributed by atoms with Gasteiger partial charge in [0, 0.05) is 13.6 Å². The number of Topliss-reactive ketones (excluding diaryl/α,β-unsaturated/α-hetero) is 1. The van der Waals surface area contributed by atoms with Crippen LogP contribution in [0.25, 0.3) is 0 Å². The van der Waals surface area contributed by atoms with E-state index in [2.05, 4.69) is 0 Å². The molecular formula is C17H17F2NO2. The van der Waals surface area contributed by atoms with Crippen molar-refractivity contribution >= 4 is 11.5 Å². The minimum absolute atomic E-state index is 0.0407. The van der Waals surface area contributed by atoms with E-state index in [1.807, 2.05) is 0 Å². The van der Waals surface area contributed by atoms with Crippen LogP contribution < -0.4 is 9.64 Å². The minimum Gasteiger partial charge on any atom is -0.494 e. The second-order valence-electron chi connectivity index (χ2n) is 5.02. The van der Waals surface area contributed by atoms with E-state index in [0.717, 1.165) is 0 Å². The molecule has 2 aromatic rings. The first-order valence-electron chi connectivity index (χ1n) is 6.77. The first-order valence-corrected chi connectivity index (χ1v) is 6.77. The van der Waals surface area contributed by atoms with E-state index in [0.29, 0.717) is 17.8 Å². The van der Waals surface area contributed by atoms with Crippen molar-refractivity contribution in [1.29, 1.82) is 0 Å². The number of ether oxygens (including phenoxy) is 1. The highest BCUT2D eigenvalue weighted by Crippen LogP contribution is 2.25. The molecule has 2 rings (SSSR count). The predicted octanol–water partition coefficient (Wildman–Crippen LogP) is 3.81. The predicted molar refractivity (Wildman–Crippen MR) is 81.5 cm³/mol. The molecule has 5 heteroatoms. The molecule has 0 spiro atoms. The maximum absolute atomic E-state index is 13.8. The number of anilines is 1. The van der Waals surface area contributed by atoms with Crippen LogP contribution in [0.15, 0.2) is 36.4 Å². The van der Waals surface area contributed by atoms with Crippen LogP contribution in [0.5, 0.6) is 5.75 Å². The van der Waals surface area contributed by atoms with Crippen LogP contribution in [0.2, 0.25) is 0 Å². The summed E-state index contributed by atoms with van der Waals surface area (Å²) in [6, 6.07) is 9.09. The summed E-state index contributed by atoms with van der Waals surface area (Å²) >= 11 is 0. The lowest BCUT2D eigenvalue weighted by Gasteiger charge is -2.22. The molecule has 0 aliphatic carbocycles. The van der Waals surface area contributed by atoms with Crippen molar-refractivity contribution in [2.45, 2.75) is 13.5 Å². The first-order chi connectivity index (χ1) is 10.4. The Morgan fingerprint density at radius 1 is 1.18 bits per heavy atom. The van der Waals surface area contributed by atoms with E-state index in [-0.39, 0.29) is 17.1 Å². The molecule has 0 radical (unpaired) electrons. The van der Waals surface area contributed by atoms with Crippen LogP contribution >= 0.6 is 0 Å². The molecule has 0 saturated carbocycles. The lowest BCUT2D eigenvalue weighted by Crippen LogP contribution is -2.20. The molecule has 0 aliphatic heterocycles. The van der Waals surface area contributed by atoms with Crippen molar-refractivity contribution < 1.29 is 18.3 Å². The van der Waals surface area contributed by atoms with E-state index in [1.165, 1.54) is 32.2 Å². The number of nitrogens with zero attached hydrogens (tertiary/aromatic N) is 1. The summed E-state index contributed by atoms with van der Waals surface area (Å²) in [5, 5.41) is 0. The van der Waals surface area contributed by atoms with Gasteiger partial charge in [-0.05, 0) is 36.8 Å². The number of ketones is 1. The van der Waals surface area contributed by atoms with Crippen LogP contribution in [-0.4, -0.2) is 19.9 Å². The largest absolute Gasteiger partial charge is 0.494 e. The molecule has 0 unspecified atom stereocenters. The molecule has 0 fully saturated rings. The van der Waals surface area contributed by atoms with Crippen molar-refractivity contribution in [3.8, 4) is 5.75 Å². The minimum atomic E-state index is -0.558. The van der Waals surface area contributed by atoms with E-state index in [1.54, 1.807) is 30.1 Å². The standard InChI is InChI=1S/C17H17F2NO2/c1-11(21)17-13(18)5-4-6-15(17)20(2)10-12-7-8-16(22-3)14(19)9-12/h4-9H,10H2,1-3H3. The molecule has 0 bridgehead atoms. The molecule has 3 nitrogen and oxygen atoms in total. The van der Waals surface area contributed by atoms with Crippen LogP contribution in [0.4, 0.5) is 14.5 Å². The molecule has 2 aromatic carbocycles. The molecule has 0 aliphatic rings. The third kappa shape index (κ3) is 3.24. The summed E-state index contributed by atoms with van der Waals surface area (Å²) in [6.07, 6.45) is 0. The highest BCUT2D eigenvalue weighted by Gasteiger charge is 2.16. The zero-order valence-electron chi connectivity index (χ0n) is 12.7.